The first kappa shape index (κ1) is 15.3. The molecule has 0 saturated heterocycles. The van der Waals surface area contributed by atoms with E-state index in [9.17, 15) is 9.59 Å². The molecular formula is C19H12N2O3S. The van der Waals surface area contributed by atoms with Crippen molar-refractivity contribution in [2.24, 2.45) is 0 Å². The first-order valence-electron chi connectivity index (χ1n) is 7.54. The molecular weight excluding hydrogens is 336 g/mol. The summed E-state index contributed by atoms with van der Waals surface area (Å²) >= 11 is 1.25. The SMILES string of the molecule is O=C(O)c1ccc2nc(NC(=O)c3ccc4ccccc4c3)sc2c1. The quantitative estimate of drug-likeness (QED) is 0.575. The Hall–Kier alpha value is -3.25. The Balaban J connectivity index is 1.62. The number of carboxylic acids is 1. The van der Waals surface area contributed by atoms with Crippen LogP contribution in [0.1, 0.15) is 20.7 Å². The van der Waals surface area contributed by atoms with Gasteiger partial charge in [-0.1, -0.05) is 41.7 Å². The third-order valence-corrected chi connectivity index (χ3v) is 4.80. The minimum atomic E-state index is -0.989. The van der Waals surface area contributed by atoms with Crippen LogP contribution in [0.15, 0.2) is 60.7 Å². The van der Waals surface area contributed by atoms with E-state index in [1.54, 1.807) is 18.2 Å². The molecule has 4 rings (SSSR count). The molecule has 0 saturated carbocycles. The van der Waals surface area contributed by atoms with Crippen molar-refractivity contribution in [2.45, 2.75) is 0 Å². The molecule has 1 aromatic heterocycles. The molecule has 0 spiro atoms. The molecule has 0 unspecified atom stereocenters. The van der Waals surface area contributed by atoms with Gasteiger partial charge in [-0.2, -0.15) is 0 Å². The standard InChI is InChI=1S/C19H12N2O3S/c22-17(13-6-5-11-3-1-2-4-12(11)9-13)21-19-20-15-8-7-14(18(23)24)10-16(15)25-19/h1-10H,(H,23,24)(H,20,21,22). The second kappa shape index (κ2) is 5.99. The molecule has 3 aromatic carbocycles. The Morgan fingerprint density at radius 2 is 1.68 bits per heavy atom. The van der Waals surface area contributed by atoms with Gasteiger partial charge in [0.25, 0.3) is 5.91 Å². The summed E-state index contributed by atoms with van der Waals surface area (Å²) in [6, 6.07) is 18.0. The molecule has 5 nitrogen and oxygen atoms in total. The highest BCUT2D eigenvalue weighted by Crippen LogP contribution is 2.27. The van der Waals surface area contributed by atoms with Crippen LogP contribution >= 0.6 is 11.3 Å². The van der Waals surface area contributed by atoms with Crippen molar-refractivity contribution in [3.8, 4) is 0 Å². The summed E-state index contributed by atoms with van der Waals surface area (Å²) in [5.41, 5.74) is 1.40. The van der Waals surface area contributed by atoms with E-state index >= 15 is 0 Å². The first-order valence-corrected chi connectivity index (χ1v) is 8.36. The second-order valence-corrected chi connectivity index (χ2v) is 6.55. The fourth-order valence-electron chi connectivity index (χ4n) is 2.61. The molecule has 2 N–H and O–H groups in total. The largest absolute Gasteiger partial charge is 0.478 e. The van der Waals surface area contributed by atoms with Gasteiger partial charge in [0.1, 0.15) is 0 Å². The molecule has 0 aliphatic heterocycles. The molecule has 0 bridgehead atoms. The number of nitrogens with one attached hydrogen (secondary N) is 1. The predicted molar refractivity (Wildman–Crippen MR) is 98.5 cm³/mol. The van der Waals surface area contributed by atoms with Gasteiger partial charge in [-0.25, -0.2) is 9.78 Å². The number of rotatable bonds is 3. The average Bonchev–Trinajstić information content (AvgIpc) is 3.02. The summed E-state index contributed by atoms with van der Waals surface area (Å²) in [6.45, 7) is 0. The monoisotopic (exact) mass is 348 g/mol. The maximum atomic E-state index is 12.5. The summed E-state index contributed by atoms with van der Waals surface area (Å²) < 4.78 is 0.716. The van der Waals surface area contributed by atoms with E-state index in [0.29, 0.717) is 20.9 Å². The van der Waals surface area contributed by atoms with Crippen molar-refractivity contribution >= 4 is 49.3 Å². The molecule has 0 radical (unpaired) electrons. The number of hydrogen-bond donors (Lipinski definition) is 2. The molecule has 1 amide bonds. The minimum absolute atomic E-state index is 0.198. The number of fused-ring (bicyclic) bond motifs is 2. The molecule has 1 heterocycles. The van der Waals surface area contributed by atoms with Crippen molar-refractivity contribution in [1.29, 1.82) is 0 Å². The third-order valence-electron chi connectivity index (χ3n) is 3.87. The van der Waals surface area contributed by atoms with Crippen molar-refractivity contribution in [3.05, 3.63) is 71.8 Å². The van der Waals surface area contributed by atoms with Crippen LogP contribution in [0.3, 0.4) is 0 Å². The van der Waals surface area contributed by atoms with Gasteiger partial charge in [0.05, 0.1) is 15.8 Å². The number of benzene rings is 3. The van der Waals surface area contributed by atoms with Gasteiger partial charge in [-0.15, -0.1) is 0 Å². The van der Waals surface area contributed by atoms with Crippen molar-refractivity contribution < 1.29 is 14.7 Å². The molecule has 6 heteroatoms. The van der Waals surface area contributed by atoms with Crippen LogP contribution < -0.4 is 5.32 Å². The number of carbonyl (C=O) groups is 2. The van der Waals surface area contributed by atoms with Gasteiger partial charge >= 0.3 is 5.97 Å². The van der Waals surface area contributed by atoms with Crippen LogP contribution in [0.2, 0.25) is 0 Å². The summed E-state index contributed by atoms with van der Waals surface area (Å²) in [7, 11) is 0. The fraction of sp³-hybridized carbons (Fsp3) is 0. The molecule has 4 aromatic rings. The van der Waals surface area contributed by atoms with Crippen molar-refractivity contribution in [2.75, 3.05) is 5.32 Å². The van der Waals surface area contributed by atoms with Gasteiger partial charge in [-0.3, -0.25) is 10.1 Å². The Bertz CT molecular complexity index is 1130. The zero-order valence-corrected chi connectivity index (χ0v) is 13.7. The van der Waals surface area contributed by atoms with E-state index in [0.717, 1.165) is 10.8 Å². The van der Waals surface area contributed by atoms with Gasteiger partial charge in [-0.05, 0) is 41.1 Å². The van der Waals surface area contributed by atoms with Crippen molar-refractivity contribution in [1.82, 2.24) is 4.98 Å². The molecule has 0 atom stereocenters. The molecule has 0 aliphatic rings. The van der Waals surface area contributed by atoms with Gasteiger partial charge in [0.15, 0.2) is 5.13 Å². The first-order chi connectivity index (χ1) is 12.1. The number of anilines is 1. The zero-order chi connectivity index (χ0) is 17.4. The Kier molecular flexibility index (Phi) is 3.66. The van der Waals surface area contributed by atoms with E-state index in [2.05, 4.69) is 10.3 Å². The van der Waals surface area contributed by atoms with Crippen LogP contribution in [0.5, 0.6) is 0 Å². The van der Waals surface area contributed by atoms with Gasteiger partial charge < -0.3 is 5.11 Å². The van der Waals surface area contributed by atoms with E-state index in [4.69, 9.17) is 5.11 Å². The number of amides is 1. The topological polar surface area (TPSA) is 79.3 Å². The predicted octanol–water partition coefficient (Wildman–Crippen LogP) is 4.40. The summed E-state index contributed by atoms with van der Waals surface area (Å²) in [6.07, 6.45) is 0. The summed E-state index contributed by atoms with van der Waals surface area (Å²) in [4.78, 5) is 27.8. The maximum Gasteiger partial charge on any atom is 0.335 e. The minimum Gasteiger partial charge on any atom is -0.478 e. The van der Waals surface area contributed by atoms with E-state index in [1.165, 1.54) is 17.4 Å². The maximum absolute atomic E-state index is 12.5. The van der Waals surface area contributed by atoms with E-state index < -0.39 is 5.97 Å². The summed E-state index contributed by atoms with van der Waals surface area (Å²) in [5.74, 6) is -1.24. The number of thiazole rings is 1. The Morgan fingerprint density at radius 1 is 0.920 bits per heavy atom. The molecule has 25 heavy (non-hydrogen) atoms. The fourth-order valence-corrected chi connectivity index (χ4v) is 3.51. The zero-order valence-electron chi connectivity index (χ0n) is 12.9. The lowest BCUT2D eigenvalue weighted by Gasteiger charge is -2.03. The van der Waals surface area contributed by atoms with Crippen LogP contribution in [0.4, 0.5) is 5.13 Å². The number of hydrogen-bond acceptors (Lipinski definition) is 4. The van der Waals surface area contributed by atoms with E-state index in [1.807, 2.05) is 36.4 Å². The number of carboxylic acid groups (broad SMARTS) is 1. The lowest BCUT2D eigenvalue weighted by Crippen LogP contribution is -2.11. The lowest BCUT2D eigenvalue weighted by molar-refractivity contribution is 0.0697. The summed E-state index contributed by atoms with van der Waals surface area (Å²) in [5, 5.41) is 14.3. The Labute approximate surface area is 146 Å². The highest BCUT2D eigenvalue weighted by atomic mass is 32.1. The molecule has 0 fully saturated rings. The highest BCUT2D eigenvalue weighted by molar-refractivity contribution is 7.22. The molecule has 0 aliphatic carbocycles. The average molecular weight is 348 g/mol. The lowest BCUT2D eigenvalue weighted by atomic mass is 10.1. The van der Waals surface area contributed by atoms with Crippen molar-refractivity contribution in [3.63, 3.8) is 0 Å². The third kappa shape index (κ3) is 2.95. The van der Waals surface area contributed by atoms with Gasteiger partial charge in [0.2, 0.25) is 0 Å². The van der Waals surface area contributed by atoms with Crippen LogP contribution in [0, 0.1) is 0 Å². The van der Waals surface area contributed by atoms with Crippen LogP contribution in [-0.2, 0) is 0 Å². The molecule has 122 valence electrons. The van der Waals surface area contributed by atoms with E-state index in [-0.39, 0.29) is 11.5 Å². The smallest absolute Gasteiger partial charge is 0.335 e. The Morgan fingerprint density at radius 3 is 2.48 bits per heavy atom. The number of aromatic nitrogens is 1. The van der Waals surface area contributed by atoms with Crippen LogP contribution in [0.25, 0.3) is 21.0 Å². The van der Waals surface area contributed by atoms with Gasteiger partial charge in [0, 0.05) is 5.56 Å². The highest BCUT2D eigenvalue weighted by Gasteiger charge is 2.12. The number of carbonyl (C=O) groups excluding carboxylic acids is 1. The van der Waals surface area contributed by atoms with Crippen LogP contribution in [-0.4, -0.2) is 22.0 Å². The normalized spacial score (nSPS) is 10.9. The number of aromatic carboxylic acids is 1. The second-order valence-electron chi connectivity index (χ2n) is 5.52. The number of nitrogens with zero attached hydrogens (tertiary/aromatic N) is 1.